The number of nitrogens with zero attached hydrogens (tertiary/aromatic N) is 4. The van der Waals surface area contributed by atoms with Gasteiger partial charge in [0.2, 0.25) is 11.8 Å². The number of hydrogen-bond acceptors (Lipinski definition) is 15. The summed E-state index contributed by atoms with van der Waals surface area (Å²) in [7, 11) is 8.50. The molecule has 60 heavy (non-hydrogen) atoms. The van der Waals surface area contributed by atoms with Crippen LogP contribution in [0.3, 0.4) is 0 Å². The Bertz CT molecular complexity index is 2020. The van der Waals surface area contributed by atoms with E-state index >= 15 is 0 Å². The van der Waals surface area contributed by atoms with Crippen molar-refractivity contribution in [1.29, 1.82) is 0 Å². The molecule has 0 spiro atoms. The summed E-state index contributed by atoms with van der Waals surface area (Å²) in [5.74, 6) is -1.47. The van der Waals surface area contributed by atoms with Gasteiger partial charge in [-0.3, -0.25) is 25.0 Å². The van der Waals surface area contributed by atoms with Crippen LogP contribution in [0.1, 0.15) is 52.5 Å². The lowest BCUT2D eigenvalue weighted by molar-refractivity contribution is -0.385. The lowest BCUT2D eigenvalue weighted by Gasteiger charge is -2.42. The number of allylic oxidation sites excluding steroid dienone is 3. The Labute approximate surface area is 361 Å². The van der Waals surface area contributed by atoms with E-state index in [1.165, 1.54) is 71.7 Å². The van der Waals surface area contributed by atoms with E-state index in [0.29, 0.717) is 28.6 Å². The van der Waals surface area contributed by atoms with Gasteiger partial charge in [0.15, 0.2) is 5.72 Å². The predicted molar refractivity (Wildman–Crippen MR) is 225 cm³/mol. The summed E-state index contributed by atoms with van der Waals surface area (Å²) in [4.78, 5) is 71.3. The molecule has 0 aliphatic carbocycles. The summed E-state index contributed by atoms with van der Waals surface area (Å²) in [6, 6.07) is 5.34. The third-order valence-electron chi connectivity index (χ3n) is 11.0. The number of ether oxygens (including phenoxy) is 5. The number of nitro groups is 1. The van der Waals surface area contributed by atoms with E-state index in [2.05, 4.69) is 10.3 Å². The van der Waals surface area contributed by atoms with Gasteiger partial charge in [-0.25, -0.2) is 14.6 Å². The minimum Gasteiger partial charge on any atom is -0.495 e. The summed E-state index contributed by atoms with van der Waals surface area (Å²) in [5.41, 5.74) is -1.20. The van der Waals surface area contributed by atoms with E-state index in [4.69, 9.17) is 35.3 Å². The third-order valence-corrected chi connectivity index (χ3v) is 13.6. The smallest absolute Gasteiger partial charge is 0.409 e. The van der Waals surface area contributed by atoms with E-state index in [0.717, 1.165) is 17.3 Å². The zero-order valence-electron chi connectivity index (χ0n) is 34.5. The van der Waals surface area contributed by atoms with Crippen molar-refractivity contribution in [3.05, 3.63) is 75.0 Å². The number of nitrogens with one attached hydrogen (secondary N) is 1. The number of rotatable bonds is 11. The standard InChI is InChI=1S/C40H50ClN5O12S2/c1-22-10-9-11-30(55-8)40(51)20-29(56-38(50)43-40)23(2)36-39(4,58-36)31(19-34(48)45(6)27-17-25(16-22)18-28(54-7)35(27)41)57-37(49)24(3)44(5)33(47)14-15-59-60-32-13-12-26(21-42-32)46(52)53/h9-13,17-18,21,23-24,29-31,36,51H,14-16,19-20H2,1-8H3,(H,43,50)/b11-9+,22-10+/t23-,24+,29+,30-,31+,36+,39?,40+/m1/s1. The highest BCUT2D eigenvalue weighted by Gasteiger charge is 2.64. The van der Waals surface area contributed by atoms with Crippen LogP contribution < -0.4 is 15.0 Å². The maximum Gasteiger partial charge on any atom is 0.409 e. The summed E-state index contributed by atoms with van der Waals surface area (Å²) < 4.78 is 29.3. The number of aromatic nitrogens is 1. The van der Waals surface area contributed by atoms with Gasteiger partial charge in [-0.05, 0) is 61.7 Å². The van der Waals surface area contributed by atoms with Crippen molar-refractivity contribution in [3.63, 3.8) is 0 Å². The molecule has 20 heteroatoms. The third kappa shape index (κ3) is 10.7. The molecule has 326 valence electrons. The fourth-order valence-corrected chi connectivity index (χ4v) is 9.31. The Kier molecular flexibility index (Phi) is 15.2. The van der Waals surface area contributed by atoms with Gasteiger partial charge in [0.05, 0.1) is 30.2 Å². The van der Waals surface area contributed by atoms with Gasteiger partial charge in [0.25, 0.3) is 5.69 Å². The van der Waals surface area contributed by atoms with Crippen molar-refractivity contribution in [1.82, 2.24) is 15.2 Å². The van der Waals surface area contributed by atoms with Crippen LogP contribution in [0.25, 0.3) is 0 Å². The average molecular weight is 892 g/mol. The fraction of sp³-hybridized carbons (Fsp3) is 0.525. The number of anilines is 1. The molecule has 2 aromatic rings. The number of amides is 3. The number of esters is 1. The monoisotopic (exact) mass is 891 g/mol. The molecule has 4 bridgehead atoms. The number of likely N-dealkylation sites (N-methyl/N-ethyl adjacent to an activating group) is 1. The van der Waals surface area contributed by atoms with Crippen LogP contribution in [0, 0.1) is 16.0 Å². The first-order valence-electron chi connectivity index (χ1n) is 19.1. The highest BCUT2D eigenvalue weighted by Crippen LogP contribution is 2.49. The zero-order valence-corrected chi connectivity index (χ0v) is 36.9. The van der Waals surface area contributed by atoms with Crippen molar-refractivity contribution in [2.24, 2.45) is 5.92 Å². The predicted octanol–water partition coefficient (Wildman–Crippen LogP) is 5.65. The number of fused-ring (bicyclic) bond motifs is 5. The lowest BCUT2D eigenvalue weighted by Crippen LogP contribution is -2.63. The Morgan fingerprint density at radius 2 is 2.00 bits per heavy atom. The van der Waals surface area contributed by atoms with Crippen molar-refractivity contribution in [2.75, 3.05) is 39.0 Å². The van der Waals surface area contributed by atoms with E-state index in [-0.39, 0.29) is 35.9 Å². The van der Waals surface area contributed by atoms with Crippen LogP contribution in [0.2, 0.25) is 5.02 Å². The number of benzene rings is 1. The molecule has 8 atom stereocenters. The Hall–Kier alpha value is -4.40. The molecular weight excluding hydrogens is 842 g/mol. The van der Waals surface area contributed by atoms with Gasteiger partial charge in [0.1, 0.15) is 51.9 Å². The molecule has 2 N–H and O–H groups in total. The molecule has 2 fully saturated rings. The minimum atomic E-state index is -1.86. The second kappa shape index (κ2) is 19.5. The molecule has 3 aliphatic rings. The number of carbonyl (C=O) groups is 4. The number of epoxide rings is 1. The second-order valence-electron chi connectivity index (χ2n) is 15.2. The number of carbonyl (C=O) groups excluding carboxylic acids is 4. The van der Waals surface area contributed by atoms with Gasteiger partial charge in [-0.2, -0.15) is 0 Å². The topological polar surface area (TPSA) is 212 Å². The number of aliphatic hydroxyl groups is 1. The Morgan fingerprint density at radius 1 is 1.27 bits per heavy atom. The van der Waals surface area contributed by atoms with Crippen molar-refractivity contribution in [3.8, 4) is 5.75 Å². The van der Waals surface area contributed by atoms with E-state index in [1.54, 1.807) is 45.2 Å². The van der Waals surface area contributed by atoms with Crippen LogP contribution in [0.15, 0.2) is 59.3 Å². The molecule has 4 heterocycles. The number of halogens is 1. The molecule has 1 aromatic carbocycles. The Morgan fingerprint density at radius 3 is 2.65 bits per heavy atom. The van der Waals surface area contributed by atoms with Crippen LogP contribution in [0.4, 0.5) is 16.2 Å². The molecule has 0 saturated carbocycles. The number of methoxy groups -OCH3 is 2. The van der Waals surface area contributed by atoms with Crippen LogP contribution in [-0.4, -0.2) is 120 Å². The molecule has 17 nitrogen and oxygen atoms in total. The van der Waals surface area contributed by atoms with E-state index in [1.807, 2.05) is 13.0 Å². The van der Waals surface area contributed by atoms with E-state index < -0.39 is 70.6 Å². The first-order valence-corrected chi connectivity index (χ1v) is 21.8. The van der Waals surface area contributed by atoms with Gasteiger partial charge in [-0.15, -0.1) is 0 Å². The maximum atomic E-state index is 14.2. The van der Waals surface area contributed by atoms with Crippen molar-refractivity contribution >= 4 is 68.4 Å². The van der Waals surface area contributed by atoms with E-state index in [9.17, 15) is 34.4 Å². The minimum absolute atomic E-state index is 0.0610. The molecule has 1 aromatic heterocycles. The highest BCUT2D eigenvalue weighted by molar-refractivity contribution is 8.76. The van der Waals surface area contributed by atoms with Gasteiger partial charge >= 0.3 is 12.1 Å². The van der Waals surface area contributed by atoms with Crippen LogP contribution in [-0.2, 0) is 39.8 Å². The molecule has 1 unspecified atom stereocenters. The molecule has 3 aliphatic heterocycles. The van der Waals surface area contributed by atoms with Crippen molar-refractivity contribution < 1.29 is 52.9 Å². The lowest BCUT2D eigenvalue weighted by atomic mass is 9.83. The zero-order chi connectivity index (χ0) is 44.1. The molecular formula is C40H50ClN5O12S2. The summed E-state index contributed by atoms with van der Waals surface area (Å²) in [5, 5.41) is 25.9. The first kappa shape index (κ1) is 46.7. The molecule has 3 amide bonds. The SMILES string of the molecule is COc1cc2cc(c1Cl)N(C)C(=O)C[C@H](OC(=O)[C@H](C)N(C)C(=O)CCSSc1ccc([N+](=O)[O-])cn1)C1(C)O[C@H]1[C@H](C)[C@@H]1C[C@@](O)(NC(=O)O1)[C@H](OC)/C=C/C=C(\C)C2. The van der Waals surface area contributed by atoms with Crippen LogP contribution >= 0.6 is 33.2 Å². The van der Waals surface area contributed by atoms with Crippen molar-refractivity contribution in [2.45, 2.75) is 100 Å². The fourth-order valence-electron chi connectivity index (χ4n) is 7.16. The molecule has 2 saturated heterocycles. The van der Waals surface area contributed by atoms with Gasteiger partial charge in [-0.1, -0.05) is 53.1 Å². The van der Waals surface area contributed by atoms with Crippen LogP contribution in [0.5, 0.6) is 5.75 Å². The molecule has 0 radical (unpaired) electrons. The second-order valence-corrected chi connectivity index (χ2v) is 18.0. The summed E-state index contributed by atoms with van der Waals surface area (Å²) >= 11 is 6.77. The average Bonchev–Trinajstić information content (AvgIpc) is 3.91. The molecule has 5 rings (SSSR count). The quantitative estimate of drug-likeness (QED) is 0.0697. The maximum absolute atomic E-state index is 14.2. The first-order chi connectivity index (χ1) is 28.3. The summed E-state index contributed by atoms with van der Waals surface area (Å²) in [6.07, 6.45) is 1.82. The Balaban J connectivity index is 1.39. The summed E-state index contributed by atoms with van der Waals surface area (Å²) in [6.45, 7) is 6.89. The normalized spacial score (nSPS) is 28.8. The number of hydrogen-bond donors (Lipinski definition) is 2. The number of alkyl carbamates (subject to hydrolysis) is 1. The number of pyridine rings is 1. The van der Waals surface area contributed by atoms with Gasteiger partial charge in [0, 0.05) is 51.8 Å². The highest BCUT2D eigenvalue weighted by atomic mass is 35.5. The van der Waals surface area contributed by atoms with Gasteiger partial charge < -0.3 is 38.6 Å². The largest absolute Gasteiger partial charge is 0.495 e.